The van der Waals surface area contributed by atoms with E-state index < -0.39 is 11.7 Å². The fraction of sp³-hybridized carbons (Fsp3) is 0.286. The van der Waals surface area contributed by atoms with Crippen molar-refractivity contribution in [1.82, 2.24) is 5.32 Å². The minimum atomic E-state index is -0.446. The summed E-state index contributed by atoms with van der Waals surface area (Å²) < 4.78 is 14.2. The van der Waals surface area contributed by atoms with Crippen LogP contribution in [0.1, 0.15) is 41.5 Å². The second-order valence-electron chi connectivity index (χ2n) is 6.86. The second-order valence-corrected chi connectivity index (χ2v) is 7.27. The summed E-state index contributed by atoms with van der Waals surface area (Å²) in [6.45, 7) is 0.744. The molecule has 2 aromatic carbocycles. The summed E-state index contributed by atoms with van der Waals surface area (Å²) in [6, 6.07) is 12.1. The zero-order valence-corrected chi connectivity index (χ0v) is 14.9. The molecule has 134 valence electrons. The molecule has 2 N–H and O–H groups in total. The molecule has 0 radical (unpaired) electrons. The van der Waals surface area contributed by atoms with Crippen LogP contribution in [-0.4, -0.2) is 17.4 Å². The van der Waals surface area contributed by atoms with Gasteiger partial charge in [-0.3, -0.25) is 4.79 Å². The van der Waals surface area contributed by atoms with Crippen LogP contribution in [0, 0.1) is 5.82 Å². The normalized spacial score (nSPS) is 23.1. The predicted octanol–water partition coefficient (Wildman–Crippen LogP) is 4.62. The van der Waals surface area contributed by atoms with Crippen LogP contribution in [0.15, 0.2) is 53.8 Å². The molecule has 0 aromatic heterocycles. The molecule has 1 aliphatic heterocycles. The molecule has 4 rings (SSSR count). The molecule has 0 fully saturated rings. The Labute approximate surface area is 156 Å². The number of aliphatic hydroxyl groups is 1. The molecule has 1 aliphatic carbocycles. The maximum absolute atomic E-state index is 14.2. The first-order chi connectivity index (χ1) is 12.6. The number of fused-ring (bicyclic) bond motifs is 1. The lowest BCUT2D eigenvalue weighted by Crippen LogP contribution is -2.35. The van der Waals surface area contributed by atoms with Crippen molar-refractivity contribution in [2.24, 2.45) is 0 Å². The highest BCUT2D eigenvalue weighted by molar-refractivity contribution is 6.31. The lowest BCUT2D eigenvalue weighted by Gasteiger charge is -2.32. The standard InChI is InChI=1S/C21H19ClFNO2/c22-15-6-3-7-16(23)19(15)13-10-17(25)20(18(26)11-13)21-14-5-2-1-4-12(14)8-9-24-21/h1-7,13,21,24-25H,8-11H2/t13-,21-/m1/s1. The van der Waals surface area contributed by atoms with Crippen LogP contribution in [0.25, 0.3) is 0 Å². The Morgan fingerprint density at radius 1 is 1.12 bits per heavy atom. The van der Waals surface area contributed by atoms with E-state index in [1.807, 2.05) is 18.2 Å². The molecule has 0 saturated heterocycles. The Kier molecular flexibility index (Phi) is 4.55. The molecule has 0 amide bonds. The number of aliphatic hydroxyl groups excluding tert-OH is 1. The van der Waals surface area contributed by atoms with Crippen molar-refractivity contribution in [3.63, 3.8) is 0 Å². The molecule has 0 saturated carbocycles. The Hall–Kier alpha value is -2.17. The third-order valence-corrected chi connectivity index (χ3v) is 5.62. The van der Waals surface area contributed by atoms with Crippen LogP contribution in [0.5, 0.6) is 0 Å². The van der Waals surface area contributed by atoms with E-state index in [-0.39, 0.29) is 30.4 Å². The summed E-state index contributed by atoms with van der Waals surface area (Å²) in [4.78, 5) is 12.9. The van der Waals surface area contributed by atoms with Crippen LogP contribution in [0.3, 0.4) is 0 Å². The lowest BCUT2D eigenvalue weighted by atomic mass is 9.77. The summed E-state index contributed by atoms with van der Waals surface area (Å²) in [5.41, 5.74) is 2.92. The highest BCUT2D eigenvalue weighted by atomic mass is 35.5. The Morgan fingerprint density at radius 2 is 1.92 bits per heavy atom. The smallest absolute Gasteiger partial charge is 0.164 e. The first-order valence-corrected chi connectivity index (χ1v) is 9.14. The second kappa shape index (κ2) is 6.86. The number of hydrogen-bond acceptors (Lipinski definition) is 3. The predicted molar refractivity (Wildman–Crippen MR) is 98.9 cm³/mol. The number of benzene rings is 2. The van der Waals surface area contributed by atoms with Crippen LogP contribution in [0.2, 0.25) is 5.02 Å². The highest BCUT2D eigenvalue weighted by Gasteiger charge is 2.36. The Balaban J connectivity index is 1.71. The van der Waals surface area contributed by atoms with E-state index in [0.29, 0.717) is 16.2 Å². The van der Waals surface area contributed by atoms with Gasteiger partial charge in [-0.25, -0.2) is 4.39 Å². The highest BCUT2D eigenvalue weighted by Crippen LogP contribution is 2.42. The van der Waals surface area contributed by atoms with Gasteiger partial charge < -0.3 is 10.4 Å². The van der Waals surface area contributed by atoms with Gasteiger partial charge in [-0.15, -0.1) is 0 Å². The first kappa shape index (κ1) is 17.3. The number of Topliss-reactive ketones (excluding diaryl/α,β-unsaturated/α-hetero) is 1. The average Bonchev–Trinajstić information content (AvgIpc) is 2.61. The number of rotatable bonds is 2. The maximum atomic E-state index is 14.2. The van der Waals surface area contributed by atoms with Gasteiger partial charge in [-0.2, -0.15) is 0 Å². The fourth-order valence-corrected chi connectivity index (χ4v) is 4.42. The number of ketones is 1. The third kappa shape index (κ3) is 2.93. The first-order valence-electron chi connectivity index (χ1n) is 8.76. The van der Waals surface area contributed by atoms with Gasteiger partial charge >= 0.3 is 0 Å². The van der Waals surface area contributed by atoms with Gasteiger partial charge in [-0.1, -0.05) is 41.9 Å². The van der Waals surface area contributed by atoms with Gasteiger partial charge in [0.05, 0.1) is 11.6 Å². The number of allylic oxidation sites excluding steroid dienone is 1. The van der Waals surface area contributed by atoms with Gasteiger partial charge in [0.15, 0.2) is 5.78 Å². The molecule has 5 heteroatoms. The largest absolute Gasteiger partial charge is 0.512 e. The zero-order valence-electron chi connectivity index (χ0n) is 14.1. The zero-order chi connectivity index (χ0) is 18.3. The van der Waals surface area contributed by atoms with Crippen LogP contribution in [0.4, 0.5) is 4.39 Å². The molecule has 0 unspecified atom stereocenters. The molecule has 0 spiro atoms. The van der Waals surface area contributed by atoms with Crippen molar-refractivity contribution in [2.45, 2.75) is 31.2 Å². The summed E-state index contributed by atoms with van der Waals surface area (Å²) >= 11 is 6.15. The molecular formula is C21H19ClFNO2. The van der Waals surface area contributed by atoms with Crippen molar-refractivity contribution < 1.29 is 14.3 Å². The van der Waals surface area contributed by atoms with Crippen molar-refractivity contribution >= 4 is 17.4 Å². The van der Waals surface area contributed by atoms with Gasteiger partial charge in [0.25, 0.3) is 0 Å². The van der Waals surface area contributed by atoms with Crippen LogP contribution in [-0.2, 0) is 11.2 Å². The summed E-state index contributed by atoms with van der Waals surface area (Å²) in [7, 11) is 0. The quantitative estimate of drug-likeness (QED) is 0.809. The molecule has 1 heterocycles. The molecule has 2 aliphatic rings. The Morgan fingerprint density at radius 3 is 2.69 bits per heavy atom. The molecule has 0 bridgehead atoms. The Bertz CT molecular complexity index is 888. The molecule has 26 heavy (non-hydrogen) atoms. The minimum absolute atomic E-state index is 0.0276. The van der Waals surface area contributed by atoms with Gasteiger partial charge in [0, 0.05) is 35.9 Å². The van der Waals surface area contributed by atoms with Crippen LogP contribution >= 0.6 is 11.6 Å². The van der Waals surface area contributed by atoms with E-state index >= 15 is 0 Å². The van der Waals surface area contributed by atoms with E-state index in [4.69, 9.17) is 11.6 Å². The lowest BCUT2D eigenvalue weighted by molar-refractivity contribution is -0.117. The molecule has 2 aromatic rings. The third-order valence-electron chi connectivity index (χ3n) is 5.29. The number of hydrogen-bond donors (Lipinski definition) is 2. The maximum Gasteiger partial charge on any atom is 0.164 e. The summed E-state index contributed by atoms with van der Waals surface area (Å²) in [6.07, 6.45) is 1.24. The average molecular weight is 372 g/mol. The van der Waals surface area contributed by atoms with Gasteiger partial charge in [-0.05, 0) is 29.7 Å². The van der Waals surface area contributed by atoms with Crippen molar-refractivity contribution in [3.8, 4) is 0 Å². The monoisotopic (exact) mass is 371 g/mol. The summed E-state index contributed by atoms with van der Waals surface area (Å²) in [5, 5.41) is 14.3. The van der Waals surface area contributed by atoms with Crippen molar-refractivity contribution in [3.05, 3.63) is 81.3 Å². The van der Waals surface area contributed by atoms with Crippen molar-refractivity contribution in [1.29, 1.82) is 0 Å². The van der Waals surface area contributed by atoms with Crippen LogP contribution < -0.4 is 5.32 Å². The number of halogens is 2. The van der Waals surface area contributed by atoms with E-state index in [9.17, 15) is 14.3 Å². The number of nitrogens with one attached hydrogen (secondary N) is 1. The van der Waals surface area contributed by atoms with E-state index in [1.54, 1.807) is 6.07 Å². The molecule has 2 atom stereocenters. The minimum Gasteiger partial charge on any atom is -0.512 e. The van der Waals surface area contributed by atoms with Crippen molar-refractivity contribution in [2.75, 3.05) is 6.54 Å². The van der Waals surface area contributed by atoms with E-state index in [1.165, 1.54) is 17.7 Å². The molecular weight excluding hydrogens is 353 g/mol. The van der Waals surface area contributed by atoms with E-state index in [0.717, 1.165) is 18.5 Å². The summed E-state index contributed by atoms with van der Waals surface area (Å²) in [5.74, 6) is -1.02. The topological polar surface area (TPSA) is 49.3 Å². The van der Waals surface area contributed by atoms with Gasteiger partial charge in [0.2, 0.25) is 0 Å². The fourth-order valence-electron chi connectivity index (χ4n) is 4.10. The number of carbonyl (C=O) groups is 1. The van der Waals surface area contributed by atoms with Gasteiger partial charge in [0.1, 0.15) is 11.6 Å². The van der Waals surface area contributed by atoms with E-state index in [2.05, 4.69) is 11.4 Å². The SMILES string of the molecule is O=C1C[C@H](c2c(F)cccc2Cl)CC(O)=C1[C@@H]1NCCc2ccccc21. The number of carbonyl (C=O) groups excluding carboxylic acids is 1. The molecule has 3 nitrogen and oxygen atoms in total.